The number of nitrogens with one attached hydrogen (secondary N) is 1. The van der Waals surface area contributed by atoms with Crippen molar-refractivity contribution in [3.63, 3.8) is 0 Å². The smallest absolute Gasteiger partial charge is 0.220 e. The van der Waals surface area contributed by atoms with Crippen LogP contribution in [0.4, 0.5) is 0 Å². The normalized spacial score (nSPS) is 27.8. The third-order valence-electron chi connectivity index (χ3n) is 6.63. The van der Waals surface area contributed by atoms with E-state index < -0.39 is 10.0 Å². The van der Waals surface area contributed by atoms with E-state index in [1.807, 2.05) is 24.3 Å². The van der Waals surface area contributed by atoms with Gasteiger partial charge in [-0.05, 0) is 48.1 Å². The lowest BCUT2D eigenvalue weighted by atomic mass is 9.86. The summed E-state index contributed by atoms with van der Waals surface area (Å²) in [6.45, 7) is 2.09. The average molecular weight is 407 g/mol. The standard InChI is InChI=1S/C21H30N2O4S/c24-21(13-20-12-16-5-6-17(20)11-16)22-14-18-3-1-2-4-19(18)15-28(25,26)23-7-9-27-10-8-23/h1-4,16-17,20H,5-15H2,(H,22,24). The maximum Gasteiger partial charge on any atom is 0.220 e. The molecule has 6 nitrogen and oxygen atoms in total. The molecule has 0 spiro atoms. The van der Waals surface area contributed by atoms with Crippen molar-refractivity contribution in [3.05, 3.63) is 35.4 Å². The molecule has 3 unspecified atom stereocenters. The summed E-state index contributed by atoms with van der Waals surface area (Å²) < 4.78 is 32.2. The first-order chi connectivity index (χ1) is 13.5. The lowest BCUT2D eigenvalue weighted by Gasteiger charge is -2.26. The van der Waals surface area contributed by atoms with Crippen LogP contribution in [0.3, 0.4) is 0 Å². The summed E-state index contributed by atoms with van der Waals surface area (Å²) >= 11 is 0. The van der Waals surface area contributed by atoms with Crippen LogP contribution in [0, 0.1) is 17.8 Å². The second-order valence-corrected chi connectivity index (χ2v) is 10.4. The average Bonchev–Trinajstić information content (AvgIpc) is 3.31. The van der Waals surface area contributed by atoms with Crippen LogP contribution in [0.5, 0.6) is 0 Å². The summed E-state index contributed by atoms with van der Waals surface area (Å²) in [5.74, 6) is 2.17. The summed E-state index contributed by atoms with van der Waals surface area (Å²) in [6.07, 6.45) is 5.74. The Morgan fingerprint density at radius 1 is 1.11 bits per heavy atom. The van der Waals surface area contributed by atoms with E-state index in [0.29, 0.717) is 45.2 Å². The second kappa shape index (κ2) is 8.51. The molecule has 3 aliphatic rings. The van der Waals surface area contributed by atoms with E-state index >= 15 is 0 Å². The minimum atomic E-state index is -3.38. The Kier molecular flexibility index (Phi) is 6.04. The minimum absolute atomic E-state index is 0.0363. The fourth-order valence-corrected chi connectivity index (χ4v) is 6.68. The maximum absolute atomic E-state index is 12.7. The van der Waals surface area contributed by atoms with Gasteiger partial charge < -0.3 is 10.1 Å². The molecule has 1 amide bonds. The number of hydrogen-bond acceptors (Lipinski definition) is 4. The Labute approximate surface area is 167 Å². The van der Waals surface area contributed by atoms with E-state index in [0.717, 1.165) is 23.0 Å². The molecule has 2 bridgehead atoms. The van der Waals surface area contributed by atoms with Crippen LogP contribution in [0.15, 0.2) is 24.3 Å². The van der Waals surface area contributed by atoms with E-state index in [9.17, 15) is 13.2 Å². The molecule has 2 saturated carbocycles. The predicted octanol–water partition coefficient (Wildman–Crippen LogP) is 2.29. The molecule has 1 heterocycles. The SMILES string of the molecule is O=C(CC1CC2CCC1C2)NCc1ccccc1CS(=O)(=O)N1CCOCC1. The van der Waals surface area contributed by atoms with Crippen LogP contribution in [0.25, 0.3) is 0 Å². The number of nitrogens with zero attached hydrogens (tertiary/aromatic N) is 1. The fourth-order valence-electron chi connectivity index (χ4n) is 5.11. The van der Waals surface area contributed by atoms with Crippen LogP contribution in [-0.2, 0) is 31.9 Å². The number of benzene rings is 1. The van der Waals surface area contributed by atoms with Crippen molar-refractivity contribution in [1.82, 2.24) is 9.62 Å². The van der Waals surface area contributed by atoms with E-state index in [1.54, 1.807) is 0 Å². The van der Waals surface area contributed by atoms with Gasteiger partial charge >= 0.3 is 0 Å². The highest BCUT2D eigenvalue weighted by molar-refractivity contribution is 7.88. The van der Waals surface area contributed by atoms with Gasteiger partial charge in [0.05, 0.1) is 19.0 Å². The zero-order chi connectivity index (χ0) is 19.6. The molecular weight excluding hydrogens is 376 g/mol. The van der Waals surface area contributed by atoms with Crippen molar-refractivity contribution in [3.8, 4) is 0 Å². The number of rotatable bonds is 7. The van der Waals surface area contributed by atoms with Gasteiger partial charge in [-0.15, -0.1) is 0 Å². The van der Waals surface area contributed by atoms with Crippen molar-refractivity contribution >= 4 is 15.9 Å². The lowest BCUT2D eigenvalue weighted by molar-refractivity contribution is -0.122. The number of ether oxygens (including phenoxy) is 1. The molecule has 7 heteroatoms. The molecule has 0 radical (unpaired) electrons. The number of fused-ring (bicyclic) bond motifs is 2. The predicted molar refractivity (Wildman–Crippen MR) is 107 cm³/mol. The van der Waals surface area contributed by atoms with Gasteiger partial charge in [-0.2, -0.15) is 4.31 Å². The third kappa shape index (κ3) is 4.58. The second-order valence-electron chi connectivity index (χ2n) is 8.45. The molecule has 154 valence electrons. The highest BCUT2D eigenvalue weighted by Crippen LogP contribution is 2.49. The van der Waals surface area contributed by atoms with Crippen LogP contribution in [0.1, 0.15) is 43.2 Å². The fraction of sp³-hybridized carbons (Fsp3) is 0.667. The molecule has 1 aromatic carbocycles. The van der Waals surface area contributed by atoms with E-state index in [4.69, 9.17) is 4.74 Å². The Balaban J connectivity index is 1.34. The summed E-state index contributed by atoms with van der Waals surface area (Å²) in [7, 11) is -3.38. The van der Waals surface area contributed by atoms with Crippen molar-refractivity contribution in [2.45, 2.75) is 44.4 Å². The van der Waals surface area contributed by atoms with Gasteiger partial charge in [0.25, 0.3) is 0 Å². The molecule has 1 saturated heterocycles. The summed E-state index contributed by atoms with van der Waals surface area (Å²) in [4.78, 5) is 12.4. The van der Waals surface area contributed by atoms with Crippen LogP contribution in [0.2, 0.25) is 0 Å². The minimum Gasteiger partial charge on any atom is -0.379 e. The molecule has 1 aliphatic heterocycles. The largest absolute Gasteiger partial charge is 0.379 e. The first-order valence-corrected chi connectivity index (χ1v) is 12.0. The van der Waals surface area contributed by atoms with Gasteiger partial charge in [-0.25, -0.2) is 8.42 Å². The number of morpholine rings is 1. The molecule has 1 aromatic rings. The Morgan fingerprint density at radius 2 is 1.86 bits per heavy atom. The molecule has 3 fully saturated rings. The van der Waals surface area contributed by atoms with Crippen molar-refractivity contribution in [1.29, 1.82) is 0 Å². The first kappa shape index (κ1) is 19.9. The lowest BCUT2D eigenvalue weighted by Crippen LogP contribution is -2.41. The first-order valence-electron chi connectivity index (χ1n) is 10.4. The summed E-state index contributed by atoms with van der Waals surface area (Å²) in [6, 6.07) is 7.49. The molecule has 0 aromatic heterocycles. The Bertz CT molecular complexity index is 804. The molecular formula is C21H30N2O4S. The van der Waals surface area contributed by atoms with Crippen LogP contribution in [-0.4, -0.2) is 44.9 Å². The molecule has 28 heavy (non-hydrogen) atoms. The number of amides is 1. The summed E-state index contributed by atoms with van der Waals surface area (Å²) in [5, 5.41) is 3.02. The highest BCUT2D eigenvalue weighted by atomic mass is 32.2. The molecule has 1 N–H and O–H groups in total. The topological polar surface area (TPSA) is 75.7 Å². The van der Waals surface area contributed by atoms with E-state index in [2.05, 4.69) is 5.32 Å². The van der Waals surface area contributed by atoms with E-state index in [1.165, 1.54) is 30.0 Å². The molecule has 4 rings (SSSR count). The zero-order valence-corrected chi connectivity index (χ0v) is 17.1. The summed E-state index contributed by atoms with van der Waals surface area (Å²) in [5.41, 5.74) is 1.63. The van der Waals surface area contributed by atoms with E-state index in [-0.39, 0.29) is 11.7 Å². The zero-order valence-electron chi connectivity index (χ0n) is 16.3. The van der Waals surface area contributed by atoms with Crippen LogP contribution >= 0.6 is 0 Å². The number of carbonyl (C=O) groups excluding carboxylic acids is 1. The Hall–Kier alpha value is -1.44. The van der Waals surface area contributed by atoms with Gasteiger partial charge in [-0.1, -0.05) is 30.7 Å². The monoisotopic (exact) mass is 406 g/mol. The van der Waals surface area contributed by atoms with Gasteiger partial charge in [0, 0.05) is 26.1 Å². The van der Waals surface area contributed by atoms with Gasteiger partial charge in [0.1, 0.15) is 0 Å². The van der Waals surface area contributed by atoms with Gasteiger partial charge in [-0.3, -0.25) is 4.79 Å². The molecule has 2 aliphatic carbocycles. The van der Waals surface area contributed by atoms with Crippen molar-refractivity contribution < 1.29 is 17.9 Å². The van der Waals surface area contributed by atoms with Crippen molar-refractivity contribution in [2.75, 3.05) is 26.3 Å². The quantitative estimate of drug-likeness (QED) is 0.754. The number of sulfonamides is 1. The third-order valence-corrected chi connectivity index (χ3v) is 8.46. The van der Waals surface area contributed by atoms with Gasteiger partial charge in [0.15, 0.2) is 0 Å². The molecule has 3 atom stereocenters. The number of hydrogen-bond donors (Lipinski definition) is 1. The van der Waals surface area contributed by atoms with Gasteiger partial charge in [0.2, 0.25) is 15.9 Å². The maximum atomic E-state index is 12.7. The Morgan fingerprint density at radius 3 is 2.54 bits per heavy atom. The van der Waals surface area contributed by atoms with Crippen LogP contribution < -0.4 is 5.32 Å². The highest BCUT2D eigenvalue weighted by Gasteiger charge is 2.40. The number of carbonyl (C=O) groups is 1. The van der Waals surface area contributed by atoms with Crippen molar-refractivity contribution in [2.24, 2.45) is 17.8 Å².